The molecule has 28 heavy (non-hydrogen) atoms. The Morgan fingerprint density at radius 1 is 1.29 bits per heavy atom. The lowest BCUT2D eigenvalue weighted by atomic mass is 9.94. The molecule has 2 fully saturated rings. The highest BCUT2D eigenvalue weighted by Gasteiger charge is 2.38. The Balaban J connectivity index is 1.70. The van der Waals surface area contributed by atoms with Crippen LogP contribution < -0.4 is 5.32 Å². The summed E-state index contributed by atoms with van der Waals surface area (Å²) in [5.41, 5.74) is 1.03. The first-order valence-corrected chi connectivity index (χ1v) is 10.6. The van der Waals surface area contributed by atoms with Crippen LogP contribution in [0.5, 0.6) is 0 Å². The molecule has 1 aromatic carbocycles. The summed E-state index contributed by atoms with van der Waals surface area (Å²) in [5, 5.41) is 14.1. The minimum Gasteiger partial charge on any atom is -0.389 e. The molecule has 8 heteroatoms. The number of ether oxygens (including phenoxy) is 2. The van der Waals surface area contributed by atoms with E-state index in [2.05, 4.69) is 10.2 Å². The molecule has 0 bridgehead atoms. The van der Waals surface area contributed by atoms with Crippen molar-refractivity contribution in [3.63, 3.8) is 0 Å². The van der Waals surface area contributed by atoms with Gasteiger partial charge in [-0.1, -0.05) is 29.3 Å². The van der Waals surface area contributed by atoms with Gasteiger partial charge in [-0.3, -0.25) is 9.69 Å². The number of aliphatic hydroxyl groups is 1. The fourth-order valence-electron chi connectivity index (χ4n) is 3.98. The third-order valence-electron chi connectivity index (χ3n) is 5.24. The van der Waals surface area contributed by atoms with Crippen molar-refractivity contribution in [2.24, 2.45) is 0 Å². The predicted octanol–water partition coefficient (Wildman–Crippen LogP) is 2.63. The van der Waals surface area contributed by atoms with Gasteiger partial charge in [-0.25, -0.2) is 0 Å². The Kier molecular flexibility index (Phi) is 7.97. The van der Waals surface area contributed by atoms with Crippen molar-refractivity contribution >= 4 is 29.1 Å². The predicted molar refractivity (Wildman–Crippen MR) is 109 cm³/mol. The molecule has 2 aliphatic rings. The third kappa shape index (κ3) is 5.81. The quantitative estimate of drug-likeness (QED) is 0.750. The number of amides is 1. The normalized spacial score (nSPS) is 28.9. The first-order valence-electron chi connectivity index (χ1n) is 9.82. The van der Waals surface area contributed by atoms with Crippen molar-refractivity contribution in [3.05, 3.63) is 33.8 Å². The Labute approximate surface area is 176 Å². The van der Waals surface area contributed by atoms with E-state index in [0.717, 1.165) is 18.4 Å². The van der Waals surface area contributed by atoms with Gasteiger partial charge in [0.05, 0.1) is 48.0 Å². The maximum absolute atomic E-state index is 11.9. The van der Waals surface area contributed by atoms with Crippen LogP contribution in [0.25, 0.3) is 0 Å². The Morgan fingerprint density at radius 3 is 2.86 bits per heavy atom. The van der Waals surface area contributed by atoms with Crippen LogP contribution in [0.2, 0.25) is 10.0 Å². The van der Waals surface area contributed by atoms with Crippen LogP contribution in [0.1, 0.15) is 31.7 Å². The minimum absolute atomic E-state index is 0.0146. The van der Waals surface area contributed by atoms with Gasteiger partial charge >= 0.3 is 0 Å². The average Bonchev–Trinajstić information content (AvgIpc) is 2.63. The molecule has 6 nitrogen and oxygen atoms in total. The molecule has 0 aromatic heterocycles. The van der Waals surface area contributed by atoms with Gasteiger partial charge in [0, 0.05) is 25.7 Å². The molecule has 0 saturated carbocycles. The summed E-state index contributed by atoms with van der Waals surface area (Å²) in [4.78, 5) is 14.1. The summed E-state index contributed by atoms with van der Waals surface area (Å²) in [6.07, 6.45) is 1.25. The SMILES string of the molecule is CCNC(=O)C[C@H]1CC[C@@H]2[C@H](COC[C@@H](O)CN2Cc2ccc(Cl)c(Cl)c2)O1. The zero-order chi connectivity index (χ0) is 20.1. The van der Waals surface area contributed by atoms with E-state index in [1.165, 1.54) is 0 Å². The van der Waals surface area contributed by atoms with Crippen molar-refractivity contribution < 1.29 is 19.4 Å². The van der Waals surface area contributed by atoms with E-state index in [1.54, 1.807) is 6.07 Å². The fourth-order valence-corrected chi connectivity index (χ4v) is 4.30. The first kappa shape index (κ1) is 21.8. The molecular formula is C20H28Cl2N2O4. The molecule has 2 aliphatic heterocycles. The highest BCUT2D eigenvalue weighted by molar-refractivity contribution is 6.42. The average molecular weight is 431 g/mol. The lowest BCUT2D eigenvalue weighted by Gasteiger charge is -2.44. The fraction of sp³-hybridized carbons (Fsp3) is 0.650. The number of halogens is 2. The van der Waals surface area contributed by atoms with E-state index in [4.69, 9.17) is 32.7 Å². The topological polar surface area (TPSA) is 71.0 Å². The van der Waals surface area contributed by atoms with Crippen LogP contribution in [0.3, 0.4) is 0 Å². The van der Waals surface area contributed by atoms with Crippen LogP contribution in [0.15, 0.2) is 18.2 Å². The number of carbonyl (C=O) groups excluding carboxylic acids is 1. The molecule has 2 N–H and O–H groups in total. The zero-order valence-corrected chi connectivity index (χ0v) is 17.6. The molecule has 1 amide bonds. The Hall–Kier alpha value is -0.890. The van der Waals surface area contributed by atoms with Crippen molar-refractivity contribution in [2.45, 2.75) is 57.1 Å². The van der Waals surface area contributed by atoms with Gasteiger partial charge in [0.2, 0.25) is 5.91 Å². The molecule has 2 heterocycles. The van der Waals surface area contributed by atoms with E-state index in [-0.39, 0.29) is 30.8 Å². The monoisotopic (exact) mass is 430 g/mol. The van der Waals surface area contributed by atoms with Gasteiger partial charge in [0.15, 0.2) is 0 Å². The summed E-state index contributed by atoms with van der Waals surface area (Å²) >= 11 is 12.2. The Bertz CT molecular complexity index is 676. The summed E-state index contributed by atoms with van der Waals surface area (Å²) < 4.78 is 11.9. The summed E-state index contributed by atoms with van der Waals surface area (Å²) in [6.45, 7) is 4.34. The van der Waals surface area contributed by atoms with Crippen molar-refractivity contribution in [2.75, 3.05) is 26.3 Å². The lowest BCUT2D eigenvalue weighted by molar-refractivity contribution is -0.158. The van der Waals surface area contributed by atoms with E-state index >= 15 is 0 Å². The van der Waals surface area contributed by atoms with Crippen LogP contribution >= 0.6 is 23.2 Å². The Morgan fingerprint density at radius 2 is 2.11 bits per heavy atom. The van der Waals surface area contributed by atoms with E-state index < -0.39 is 6.10 Å². The van der Waals surface area contributed by atoms with Crippen LogP contribution in [-0.4, -0.2) is 66.6 Å². The summed E-state index contributed by atoms with van der Waals surface area (Å²) in [6, 6.07) is 5.71. The van der Waals surface area contributed by atoms with Gasteiger partial charge in [0.1, 0.15) is 0 Å². The molecule has 0 aliphatic carbocycles. The molecule has 2 saturated heterocycles. The van der Waals surface area contributed by atoms with Crippen LogP contribution in [-0.2, 0) is 20.8 Å². The van der Waals surface area contributed by atoms with Gasteiger partial charge in [-0.15, -0.1) is 0 Å². The number of nitrogens with one attached hydrogen (secondary N) is 1. The molecule has 4 atom stereocenters. The maximum atomic E-state index is 11.9. The van der Waals surface area contributed by atoms with Crippen molar-refractivity contribution in [1.29, 1.82) is 0 Å². The minimum atomic E-state index is -0.559. The molecule has 3 rings (SSSR count). The van der Waals surface area contributed by atoms with E-state index in [9.17, 15) is 9.90 Å². The zero-order valence-electron chi connectivity index (χ0n) is 16.1. The second kappa shape index (κ2) is 10.2. The lowest BCUT2D eigenvalue weighted by Crippen LogP contribution is -2.55. The number of benzene rings is 1. The van der Waals surface area contributed by atoms with Crippen molar-refractivity contribution in [1.82, 2.24) is 10.2 Å². The largest absolute Gasteiger partial charge is 0.389 e. The number of rotatable bonds is 5. The molecule has 1 aromatic rings. The van der Waals surface area contributed by atoms with Gasteiger partial charge in [0.25, 0.3) is 0 Å². The number of carbonyl (C=O) groups is 1. The van der Waals surface area contributed by atoms with Gasteiger partial charge in [-0.05, 0) is 37.5 Å². The molecular weight excluding hydrogens is 403 g/mol. The van der Waals surface area contributed by atoms with Crippen LogP contribution in [0, 0.1) is 0 Å². The second-order valence-corrected chi connectivity index (χ2v) is 8.28. The smallest absolute Gasteiger partial charge is 0.222 e. The second-order valence-electron chi connectivity index (χ2n) is 7.47. The number of β-amino-alcohol motifs (C(OH)–C–C–N with tert-alkyl or cyclic N) is 1. The first-order chi connectivity index (χ1) is 13.5. The number of hydrogen-bond acceptors (Lipinski definition) is 5. The summed E-state index contributed by atoms with van der Waals surface area (Å²) in [5.74, 6) is 0.0146. The molecule has 0 spiro atoms. The van der Waals surface area contributed by atoms with Gasteiger partial charge < -0.3 is 19.9 Å². The van der Waals surface area contributed by atoms with E-state index in [0.29, 0.717) is 42.7 Å². The third-order valence-corrected chi connectivity index (χ3v) is 5.98. The highest BCUT2D eigenvalue weighted by atomic mass is 35.5. The molecule has 156 valence electrons. The van der Waals surface area contributed by atoms with Crippen molar-refractivity contribution in [3.8, 4) is 0 Å². The number of fused-ring (bicyclic) bond motifs is 1. The van der Waals surface area contributed by atoms with Gasteiger partial charge in [-0.2, -0.15) is 0 Å². The highest BCUT2D eigenvalue weighted by Crippen LogP contribution is 2.30. The standard InChI is InChI=1S/C20H28Cl2N2O4/c1-2-23-20(26)8-15-4-6-18-19(28-15)12-27-11-14(25)10-24(18)9-13-3-5-16(21)17(22)7-13/h3,5,7,14-15,18-19,25H,2,4,6,8-12H2,1H3,(H,23,26)/t14-,15+,18+,19-/m0/s1. The maximum Gasteiger partial charge on any atom is 0.222 e. The molecule has 0 unspecified atom stereocenters. The number of hydrogen-bond donors (Lipinski definition) is 2. The number of nitrogens with zero attached hydrogens (tertiary/aromatic N) is 1. The molecule has 0 radical (unpaired) electrons. The summed E-state index contributed by atoms with van der Waals surface area (Å²) in [7, 11) is 0. The van der Waals surface area contributed by atoms with Crippen LogP contribution in [0.4, 0.5) is 0 Å². The number of aliphatic hydroxyl groups excluding tert-OH is 1. The van der Waals surface area contributed by atoms with E-state index in [1.807, 2.05) is 19.1 Å².